The zero-order valence-corrected chi connectivity index (χ0v) is 15.0. The third-order valence-corrected chi connectivity index (χ3v) is 5.36. The van der Waals surface area contributed by atoms with Gasteiger partial charge in [0.05, 0.1) is 11.2 Å². The molecule has 1 aliphatic heterocycles. The third kappa shape index (κ3) is 2.92. The first-order valence-electron chi connectivity index (χ1n) is 8.36. The fourth-order valence-electron chi connectivity index (χ4n) is 2.86. The Kier molecular flexibility index (Phi) is 3.85. The lowest BCUT2D eigenvalue weighted by molar-refractivity contribution is 0.00578. The molecule has 1 aromatic carbocycles. The van der Waals surface area contributed by atoms with Crippen molar-refractivity contribution < 1.29 is 14.1 Å². The Hall–Kier alpha value is -1.33. The Balaban J connectivity index is 1.96. The van der Waals surface area contributed by atoms with Crippen LogP contribution in [0.25, 0.3) is 0 Å². The van der Waals surface area contributed by atoms with Crippen LogP contribution >= 0.6 is 0 Å². The maximum atomic E-state index is 12.9. The molecule has 1 saturated heterocycles. The maximum absolute atomic E-state index is 12.9. The van der Waals surface area contributed by atoms with Crippen molar-refractivity contribution in [1.29, 1.82) is 0 Å². The Bertz CT molecular complexity index is 621. The van der Waals surface area contributed by atoms with Crippen LogP contribution in [0, 0.1) is 6.92 Å². The average molecular weight is 315 g/mol. The molecular weight excluding hydrogens is 289 g/mol. The minimum atomic E-state index is -0.508. The predicted octanol–water partition coefficient (Wildman–Crippen LogP) is 2.53. The van der Waals surface area contributed by atoms with E-state index in [9.17, 15) is 4.79 Å². The average Bonchev–Trinajstić information content (AvgIpc) is 3.25. The molecule has 0 spiro atoms. The first-order chi connectivity index (χ1) is 10.6. The number of carbonyl (C=O) groups excluding carboxylic acids is 1. The highest BCUT2D eigenvalue weighted by molar-refractivity contribution is 6.63. The molecule has 0 bridgehead atoms. The van der Waals surface area contributed by atoms with Crippen molar-refractivity contribution in [1.82, 2.24) is 4.90 Å². The molecule has 3 rings (SSSR count). The topological polar surface area (TPSA) is 38.8 Å². The van der Waals surface area contributed by atoms with Crippen LogP contribution < -0.4 is 5.46 Å². The summed E-state index contributed by atoms with van der Waals surface area (Å²) in [6.45, 7) is 10.1. The van der Waals surface area contributed by atoms with Gasteiger partial charge in [0, 0.05) is 18.7 Å². The summed E-state index contributed by atoms with van der Waals surface area (Å²) in [5, 5.41) is 0. The van der Waals surface area contributed by atoms with E-state index in [0.717, 1.165) is 23.9 Å². The molecule has 1 aromatic rings. The van der Waals surface area contributed by atoms with Gasteiger partial charge >= 0.3 is 7.12 Å². The van der Waals surface area contributed by atoms with Gasteiger partial charge < -0.3 is 14.2 Å². The van der Waals surface area contributed by atoms with E-state index in [-0.39, 0.29) is 5.91 Å². The van der Waals surface area contributed by atoms with Gasteiger partial charge in [-0.1, -0.05) is 17.7 Å². The zero-order valence-electron chi connectivity index (χ0n) is 15.0. The number of amides is 1. The highest BCUT2D eigenvalue weighted by atomic mass is 16.7. The summed E-state index contributed by atoms with van der Waals surface area (Å²) in [7, 11) is 1.37. The Labute approximate surface area is 139 Å². The molecular formula is C18H26BNO3. The summed E-state index contributed by atoms with van der Waals surface area (Å²) in [5.41, 5.74) is 1.79. The highest BCUT2D eigenvalue weighted by Crippen LogP contribution is 2.37. The van der Waals surface area contributed by atoms with Crippen molar-refractivity contribution in [2.75, 3.05) is 7.05 Å². The number of nitrogens with zero attached hydrogens (tertiary/aromatic N) is 1. The lowest BCUT2D eigenvalue weighted by Crippen LogP contribution is -2.41. The molecule has 124 valence electrons. The Morgan fingerprint density at radius 3 is 2.26 bits per heavy atom. The van der Waals surface area contributed by atoms with E-state index < -0.39 is 18.3 Å². The largest absolute Gasteiger partial charge is 0.495 e. The molecule has 1 amide bonds. The van der Waals surface area contributed by atoms with Crippen molar-refractivity contribution >= 4 is 18.5 Å². The van der Waals surface area contributed by atoms with Gasteiger partial charge in [-0.3, -0.25) is 4.79 Å². The molecule has 0 unspecified atom stereocenters. The van der Waals surface area contributed by atoms with E-state index in [0.29, 0.717) is 11.6 Å². The van der Waals surface area contributed by atoms with Crippen LogP contribution in [0.15, 0.2) is 18.2 Å². The highest BCUT2D eigenvalue weighted by Gasteiger charge is 2.52. The van der Waals surface area contributed by atoms with E-state index in [4.69, 9.17) is 9.31 Å². The van der Waals surface area contributed by atoms with Gasteiger partial charge in [0.1, 0.15) is 0 Å². The third-order valence-electron chi connectivity index (χ3n) is 5.36. The Morgan fingerprint density at radius 2 is 1.74 bits per heavy atom. The lowest BCUT2D eigenvalue weighted by atomic mass is 9.75. The zero-order chi connectivity index (χ0) is 17.0. The van der Waals surface area contributed by atoms with Crippen molar-refractivity contribution in [3.05, 3.63) is 29.3 Å². The van der Waals surface area contributed by atoms with Crippen LogP contribution in [0.1, 0.15) is 56.5 Å². The fourth-order valence-corrected chi connectivity index (χ4v) is 2.86. The molecule has 0 radical (unpaired) electrons. The summed E-state index contributed by atoms with van der Waals surface area (Å²) >= 11 is 0. The summed E-state index contributed by atoms with van der Waals surface area (Å²) in [6.07, 6.45) is 2.19. The molecule has 1 heterocycles. The van der Waals surface area contributed by atoms with Crippen molar-refractivity contribution in [2.45, 2.75) is 64.7 Å². The minimum absolute atomic E-state index is 0.0530. The van der Waals surface area contributed by atoms with E-state index in [1.807, 2.05) is 64.8 Å². The lowest BCUT2D eigenvalue weighted by Gasteiger charge is -2.32. The number of hydrogen-bond acceptors (Lipinski definition) is 3. The van der Waals surface area contributed by atoms with Gasteiger partial charge in [-0.05, 0) is 59.0 Å². The maximum Gasteiger partial charge on any atom is 0.495 e. The van der Waals surface area contributed by atoms with E-state index in [1.54, 1.807) is 0 Å². The van der Waals surface area contributed by atoms with E-state index in [2.05, 4.69) is 0 Å². The van der Waals surface area contributed by atoms with Gasteiger partial charge in [0.2, 0.25) is 0 Å². The molecule has 0 N–H and O–H groups in total. The molecule has 0 atom stereocenters. The number of aryl methyl sites for hydroxylation is 1. The van der Waals surface area contributed by atoms with Crippen LogP contribution in [0.5, 0.6) is 0 Å². The monoisotopic (exact) mass is 315 g/mol. The van der Waals surface area contributed by atoms with Gasteiger partial charge in [-0.15, -0.1) is 0 Å². The quantitative estimate of drug-likeness (QED) is 0.805. The number of carbonyl (C=O) groups is 1. The normalized spacial score (nSPS) is 22.3. The summed E-state index contributed by atoms with van der Waals surface area (Å²) in [6, 6.07) is 6.27. The van der Waals surface area contributed by atoms with Crippen molar-refractivity contribution in [2.24, 2.45) is 0 Å². The molecule has 1 aliphatic carbocycles. The van der Waals surface area contributed by atoms with E-state index in [1.165, 1.54) is 0 Å². The van der Waals surface area contributed by atoms with Gasteiger partial charge in [0.15, 0.2) is 0 Å². The molecule has 4 nitrogen and oxygen atoms in total. The minimum Gasteiger partial charge on any atom is -0.399 e. The Morgan fingerprint density at radius 1 is 1.17 bits per heavy atom. The molecule has 2 fully saturated rings. The smallest absolute Gasteiger partial charge is 0.399 e. The van der Waals surface area contributed by atoms with Crippen LogP contribution in [0.3, 0.4) is 0 Å². The van der Waals surface area contributed by atoms with Crippen LogP contribution in [-0.4, -0.2) is 42.2 Å². The molecule has 5 heteroatoms. The molecule has 1 saturated carbocycles. The van der Waals surface area contributed by atoms with Crippen molar-refractivity contribution in [3.63, 3.8) is 0 Å². The summed E-state index contributed by atoms with van der Waals surface area (Å²) in [5.74, 6) is 0.0530. The summed E-state index contributed by atoms with van der Waals surface area (Å²) < 4.78 is 12.3. The number of benzene rings is 1. The molecule has 23 heavy (non-hydrogen) atoms. The first kappa shape index (κ1) is 16.5. The summed E-state index contributed by atoms with van der Waals surface area (Å²) in [4.78, 5) is 14.7. The molecule has 2 aliphatic rings. The molecule has 0 aromatic heterocycles. The second-order valence-electron chi connectivity index (χ2n) is 7.83. The van der Waals surface area contributed by atoms with Crippen LogP contribution in [0.4, 0.5) is 0 Å². The van der Waals surface area contributed by atoms with Gasteiger partial charge in [-0.2, -0.15) is 0 Å². The standard InChI is InChI=1S/C18H26BNO3/c1-12-7-10-14(16(21)20(6)13-8-9-13)15(11-12)19-22-17(2,3)18(4,5)23-19/h7,10-11,13H,8-9H2,1-6H3. The first-order valence-corrected chi connectivity index (χ1v) is 8.36. The van der Waals surface area contributed by atoms with Gasteiger partial charge in [-0.25, -0.2) is 0 Å². The van der Waals surface area contributed by atoms with Crippen molar-refractivity contribution in [3.8, 4) is 0 Å². The van der Waals surface area contributed by atoms with Crippen LogP contribution in [0.2, 0.25) is 0 Å². The SMILES string of the molecule is Cc1ccc(C(=O)N(C)C2CC2)c(B2OC(C)(C)C(C)(C)O2)c1. The number of rotatable bonds is 3. The second kappa shape index (κ2) is 5.35. The van der Waals surface area contributed by atoms with Crippen LogP contribution in [-0.2, 0) is 9.31 Å². The van der Waals surface area contributed by atoms with E-state index >= 15 is 0 Å². The predicted molar refractivity (Wildman–Crippen MR) is 92.0 cm³/mol. The fraction of sp³-hybridized carbons (Fsp3) is 0.611. The van der Waals surface area contributed by atoms with Gasteiger partial charge in [0.25, 0.3) is 5.91 Å². The number of hydrogen-bond donors (Lipinski definition) is 0. The second-order valence-corrected chi connectivity index (χ2v) is 7.83.